The van der Waals surface area contributed by atoms with Crippen molar-refractivity contribution in [1.29, 1.82) is 0 Å². The number of hydrogen-bond donors (Lipinski definition) is 1. The Labute approximate surface area is 209 Å². The Bertz CT molecular complexity index is 1350. The number of nitrogens with zero attached hydrogens (tertiary/aromatic N) is 6. The van der Waals surface area contributed by atoms with E-state index in [9.17, 15) is 9.18 Å². The van der Waals surface area contributed by atoms with Gasteiger partial charge in [-0.2, -0.15) is 0 Å². The number of likely N-dealkylation sites (tertiary alicyclic amines) is 1. The van der Waals surface area contributed by atoms with Crippen LogP contribution in [0.25, 0.3) is 22.6 Å². The molecule has 1 aliphatic heterocycles. The third-order valence-corrected chi connectivity index (χ3v) is 5.98. The maximum absolute atomic E-state index is 12.8. The lowest BCUT2D eigenvalue weighted by molar-refractivity contribution is -0.118. The number of imidazole rings is 1. The Kier molecular flexibility index (Phi) is 8.12. The van der Waals surface area contributed by atoms with E-state index in [4.69, 9.17) is 5.73 Å². The molecule has 0 saturated carbocycles. The summed E-state index contributed by atoms with van der Waals surface area (Å²) in [6, 6.07) is 14.9. The molecule has 184 valence electrons. The number of amides is 1. The molecule has 1 aliphatic rings. The molecule has 0 aliphatic carbocycles. The highest BCUT2D eigenvalue weighted by molar-refractivity contribution is 6.08. The summed E-state index contributed by atoms with van der Waals surface area (Å²) in [6.07, 6.45) is 10.8. The highest BCUT2D eigenvalue weighted by Crippen LogP contribution is 2.21. The van der Waals surface area contributed by atoms with Crippen LogP contribution in [0, 0.1) is 12.7 Å². The molecule has 0 aromatic carbocycles. The van der Waals surface area contributed by atoms with Crippen LogP contribution < -0.4 is 5.73 Å². The lowest BCUT2D eigenvalue weighted by Crippen LogP contribution is -2.30. The Hall–Kier alpha value is -4.40. The number of halogens is 1. The maximum Gasteiger partial charge on any atom is 0.210 e. The summed E-state index contributed by atoms with van der Waals surface area (Å²) in [5.74, 6) is -0.394. The van der Waals surface area contributed by atoms with Crippen molar-refractivity contribution in [2.75, 3.05) is 13.1 Å². The molecule has 0 radical (unpaired) electrons. The molecule has 2 N–H and O–H groups in total. The van der Waals surface area contributed by atoms with Crippen LogP contribution in [0.15, 0.2) is 78.3 Å². The van der Waals surface area contributed by atoms with Gasteiger partial charge in [0, 0.05) is 42.6 Å². The number of allylic oxidation sites excluding steroid dienone is 1. The van der Waals surface area contributed by atoms with E-state index in [1.165, 1.54) is 12.3 Å². The van der Waals surface area contributed by atoms with Crippen LogP contribution in [-0.2, 0) is 4.79 Å². The number of carbonyl (C=O) groups excluding carboxylic acids is 1. The second kappa shape index (κ2) is 11.8. The second-order valence-corrected chi connectivity index (χ2v) is 8.31. The van der Waals surface area contributed by atoms with Crippen LogP contribution in [0.2, 0.25) is 0 Å². The number of hydrogen-bond acceptors (Lipinski definition) is 6. The molecular formula is C27H28FN7O. The molecule has 1 atom stereocenters. The SMILES string of the molecule is Cc1c(-c2ccccn2)nc2ccccn12.N/C=C(\C=NC[C@@H]1CCCN1C=O)c1ccc(F)cn1. The van der Waals surface area contributed by atoms with Gasteiger partial charge in [-0.05, 0) is 56.2 Å². The van der Waals surface area contributed by atoms with Crippen LogP contribution in [-0.4, -0.2) is 56.0 Å². The summed E-state index contributed by atoms with van der Waals surface area (Å²) in [7, 11) is 0. The average Bonchev–Trinajstić information content (AvgIpc) is 3.52. The zero-order valence-corrected chi connectivity index (χ0v) is 20.0. The molecule has 5 rings (SSSR count). The predicted molar refractivity (Wildman–Crippen MR) is 139 cm³/mol. The number of rotatable bonds is 6. The van der Waals surface area contributed by atoms with Crippen molar-refractivity contribution in [3.05, 3.63) is 90.5 Å². The van der Waals surface area contributed by atoms with Gasteiger partial charge >= 0.3 is 0 Å². The second-order valence-electron chi connectivity index (χ2n) is 8.31. The smallest absolute Gasteiger partial charge is 0.210 e. The molecule has 1 fully saturated rings. The van der Waals surface area contributed by atoms with E-state index in [1.807, 2.05) is 42.6 Å². The highest BCUT2D eigenvalue weighted by Gasteiger charge is 2.22. The molecular weight excluding hydrogens is 457 g/mol. The van der Waals surface area contributed by atoms with Gasteiger partial charge in [-0.3, -0.25) is 19.8 Å². The van der Waals surface area contributed by atoms with Crippen LogP contribution in [0.1, 0.15) is 24.2 Å². The molecule has 0 bridgehead atoms. The molecule has 1 amide bonds. The van der Waals surface area contributed by atoms with Crippen molar-refractivity contribution >= 4 is 23.8 Å². The quantitative estimate of drug-likeness (QED) is 0.330. The van der Waals surface area contributed by atoms with Crippen molar-refractivity contribution in [3.63, 3.8) is 0 Å². The minimum atomic E-state index is -0.394. The van der Waals surface area contributed by atoms with Crippen LogP contribution in [0.4, 0.5) is 4.39 Å². The van der Waals surface area contributed by atoms with Gasteiger partial charge in [0.05, 0.1) is 30.2 Å². The van der Waals surface area contributed by atoms with Crippen LogP contribution in [0.5, 0.6) is 0 Å². The fourth-order valence-corrected chi connectivity index (χ4v) is 4.07. The lowest BCUT2D eigenvalue weighted by atomic mass is 10.2. The minimum Gasteiger partial charge on any atom is -0.404 e. The third-order valence-electron chi connectivity index (χ3n) is 5.98. The number of pyridine rings is 3. The first-order valence-electron chi connectivity index (χ1n) is 11.7. The van der Waals surface area contributed by atoms with Gasteiger partial charge in [-0.1, -0.05) is 12.1 Å². The molecule has 4 aromatic heterocycles. The lowest BCUT2D eigenvalue weighted by Gasteiger charge is -2.17. The number of fused-ring (bicyclic) bond motifs is 1. The molecule has 0 spiro atoms. The van der Waals surface area contributed by atoms with Crippen molar-refractivity contribution in [1.82, 2.24) is 24.3 Å². The number of aliphatic imine (C=N–C) groups is 1. The number of nitrogens with two attached hydrogens (primary N) is 1. The van der Waals surface area contributed by atoms with Crippen LogP contribution in [0.3, 0.4) is 0 Å². The number of aromatic nitrogens is 4. The Morgan fingerprint density at radius 2 is 2.06 bits per heavy atom. The fraction of sp³-hybridized carbons (Fsp3) is 0.222. The van der Waals surface area contributed by atoms with E-state index in [-0.39, 0.29) is 6.04 Å². The van der Waals surface area contributed by atoms with Crippen molar-refractivity contribution in [2.24, 2.45) is 10.7 Å². The standard InChI is InChI=1S/C14H17FN4O.C13H11N3/c15-12-3-4-14(18-8-12)11(6-16)7-17-9-13-2-1-5-19(13)10-20;1-10-13(11-6-2-4-8-14-11)15-12-7-3-5-9-16(10)12/h3-4,6-8,10,13H,1-2,5,9,16H2;2-9H,1H3/b11-6+,17-7?;/t13-;/m0./s1. The molecule has 9 heteroatoms. The summed E-state index contributed by atoms with van der Waals surface area (Å²) in [5.41, 5.74) is 10.7. The molecule has 1 saturated heterocycles. The van der Waals surface area contributed by atoms with Gasteiger partial charge in [-0.15, -0.1) is 0 Å². The molecule has 4 aromatic rings. The van der Waals surface area contributed by atoms with Gasteiger partial charge in [0.15, 0.2) is 0 Å². The Balaban J connectivity index is 0.000000173. The first-order chi connectivity index (χ1) is 17.6. The van der Waals surface area contributed by atoms with E-state index in [1.54, 1.807) is 23.4 Å². The molecule has 0 unspecified atom stereocenters. The Morgan fingerprint density at radius 1 is 1.19 bits per heavy atom. The minimum absolute atomic E-state index is 0.156. The molecule has 5 heterocycles. The third kappa shape index (κ3) is 5.80. The zero-order chi connectivity index (χ0) is 25.3. The van der Waals surface area contributed by atoms with Gasteiger partial charge in [0.2, 0.25) is 6.41 Å². The van der Waals surface area contributed by atoms with E-state index in [0.717, 1.165) is 54.7 Å². The number of carbonyl (C=O) groups is 1. The Morgan fingerprint density at radius 3 is 2.75 bits per heavy atom. The summed E-state index contributed by atoms with van der Waals surface area (Å²) >= 11 is 0. The van der Waals surface area contributed by atoms with E-state index < -0.39 is 5.82 Å². The summed E-state index contributed by atoms with van der Waals surface area (Å²) in [6.45, 7) is 3.39. The van der Waals surface area contributed by atoms with E-state index in [0.29, 0.717) is 17.8 Å². The maximum atomic E-state index is 12.8. The number of aryl methyl sites for hydroxylation is 1. The van der Waals surface area contributed by atoms with Gasteiger partial charge in [0.25, 0.3) is 0 Å². The van der Waals surface area contributed by atoms with E-state index in [2.05, 4.69) is 31.3 Å². The normalized spacial score (nSPS) is 15.8. The first kappa shape index (κ1) is 24.7. The van der Waals surface area contributed by atoms with E-state index >= 15 is 0 Å². The van der Waals surface area contributed by atoms with Crippen molar-refractivity contribution in [2.45, 2.75) is 25.8 Å². The van der Waals surface area contributed by atoms with Crippen LogP contribution >= 0.6 is 0 Å². The zero-order valence-electron chi connectivity index (χ0n) is 20.0. The monoisotopic (exact) mass is 485 g/mol. The molecule has 8 nitrogen and oxygen atoms in total. The largest absolute Gasteiger partial charge is 0.404 e. The van der Waals surface area contributed by atoms with Gasteiger partial charge < -0.3 is 15.0 Å². The van der Waals surface area contributed by atoms with Gasteiger partial charge in [0.1, 0.15) is 17.2 Å². The van der Waals surface area contributed by atoms with Crippen molar-refractivity contribution < 1.29 is 9.18 Å². The molecule has 36 heavy (non-hydrogen) atoms. The summed E-state index contributed by atoms with van der Waals surface area (Å²) in [4.78, 5) is 29.8. The fourth-order valence-electron chi connectivity index (χ4n) is 4.07. The first-order valence-corrected chi connectivity index (χ1v) is 11.7. The summed E-state index contributed by atoms with van der Waals surface area (Å²) in [5, 5.41) is 0. The average molecular weight is 486 g/mol. The van der Waals surface area contributed by atoms with Gasteiger partial charge in [-0.25, -0.2) is 9.37 Å². The summed E-state index contributed by atoms with van der Waals surface area (Å²) < 4.78 is 14.9. The van der Waals surface area contributed by atoms with Crippen molar-refractivity contribution in [3.8, 4) is 11.4 Å². The highest BCUT2D eigenvalue weighted by atomic mass is 19.1. The topological polar surface area (TPSA) is 102 Å². The predicted octanol–water partition coefficient (Wildman–Crippen LogP) is 3.92.